The summed E-state index contributed by atoms with van der Waals surface area (Å²) in [5.41, 5.74) is 1.09. The van der Waals surface area contributed by atoms with Crippen molar-refractivity contribution in [3.05, 3.63) is 60.2 Å². The quantitative estimate of drug-likeness (QED) is 0.737. The number of pyridine rings is 2. The Morgan fingerprint density at radius 1 is 0.826 bits per heavy atom. The summed E-state index contributed by atoms with van der Waals surface area (Å²) in [5, 5.41) is 9.07. The molecule has 2 atom stereocenters. The fraction of sp³-hybridized carbons (Fsp3) is 0.250. The molecule has 2 amide bonds. The molecule has 7 heteroatoms. The smallest absolute Gasteiger partial charge is 0.251 e. The van der Waals surface area contributed by atoms with Gasteiger partial charge < -0.3 is 16.0 Å². The highest BCUT2D eigenvalue weighted by molar-refractivity contribution is 5.95. The highest BCUT2D eigenvalue weighted by Crippen LogP contribution is 2.05. The first-order chi connectivity index (χ1) is 11.2. The average Bonchev–Trinajstić information content (AvgIpc) is 3.03. The fourth-order valence-corrected chi connectivity index (χ4v) is 2.49. The van der Waals surface area contributed by atoms with Gasteiger partial charge in [0.05, 0.1) is 12.1 Å². The molecule has 1 saturated heterocycles. The Morgan fingerprint density at radius 2 is 1.22 bits per heavy atom. The summed E-state index contributed by atoms with van der Waals surface area (Å²) in [6.45, 7) is 1.22. The number of nitrogens with zero attached hydrogens (tertiary/aromatic N) is 2. The van der Waals surface area contributed by atoms with E-state index in [0.717, 1.165) is 0 Å². The molecule has 3 N–H and O–H groups in total. The van der Waals surface area contributed by atoms with E-state index in [1.165, 1.54) is 0 Å². The van der Waals surface area contributed by atoms with Gasteiger partial charge in [0.25, 0.3) is 11.8 Å². The van der Waals surface area contributed by atoms with Crippen molar-refractivity contribution < 1.29 is 9.59 Å². The molecule has 2 aromatic rings. The number of hydrogen-bond donors (Lipinski definition) is 3. The summed E-state index contributed by atoms with van der Waals surface area (Å²) in [7, 11) is 0. The molecule has 0 saturated carbocycles. The normalized spacial score (nSPS) is 20.0. The van der Waals surface area contributed by atoms with E-state index in [-0.39, 0.29) is 23.9 Å². The van der Waals surface area contributed by atoms with E-state index < -0.39 is 0 Å². The van der Waals surface area contributed by atoms with Gasteiger partial charge in [0, 0.05) is 49.0 Å². The van der Waals surface area contributed by atoms with Gasteiger partial charge in [-0.2, -0.15) is 0 Å². The minimum Gasteiger partial charge on any atom is -0.346 e. The Bertz CT molecular complexity index is 618. The Morgan fingerprint density at radius 3 is 1.61 bits per heavy atom. The Kier molecular flexibility index (Phi) is 4.58. The van der Waals surface area contributed by atoms with Crippen LogP contribution in [0.3, 0.4) is 0 Å². The van der Waals surface area contributed by atoms with Crippen molar-refractivity contribution in [1.82, 2.24) is 25.9 Å². The molecule has 3 heterocycles. The molecule has 0 unspecified atom stereocenters. The number of nitrogens with one attached hydrogen (secondary N) is 3. The van der Waals surface area contributed by atoms with Gasteiger partial charge in [0.15, 0.2) is 0 Å². The van der Waals surface area contributed by atoms with Crippen molar-refractivity contribution in [2.75, 3.05) is 13.1 Å². The van der Waals surface area contributed by atoms with Crippen molar-refractivity contribution in [1.29, 1.82) is 0 Å². The van der Waals surface area contributed by atoms with Crippen molar-refractivity contribution in [3.8, 4) is 0 Å². The summed E-state index contributed by atoms with van der Waals surface area (Å²) < 4.78 is 0. The lowest BCUT2D eigenvalue weighted by Gasteiger charge is -2.21. The van der Waals surface area contributed by atoms with Crippen LogP contribution in [-0.4, -0.2) is 47.0 Å². The molecular weight excluding hydrogens is 294 g/mol. The highest BCUT2D eigenvalue weighted by Gasteiger charge is 2.30. The van der Waals surface area contributed by atoms with Crippen molar-refractivity contribution in [2.45, 2.75) is 12.1 Å². The second kappa shape index (κ2) is 6.97. The number of carbonyl (C=O) groups is 2. The highest BCUT2D eigenvalue weighted by atomic mass is 16.2. The average molecular weight is 311 g/mol. The summed E-state index contributed by atoms with van der Waals surface area (Å²) >= 11 is 0. The van der Waals surface area contributed by atoms with Crippen molar-refractivity contribution >= 4 is 11.8 Å². The number of aromatic nitrogens is 2. The molecule has 3 rings (SSSR count). The summed E-state index contributed by atoms with van der Waals surface area (Å²) in [6, 6.07) is 6.29. The molecule has 1 aliphatic rings. The van der Waals surface area contributed by atoms with Gasteiger partial charge in [0.1, 0.15) is 0 Å². The first kappa shape index (κ1) is 15.1. The van der Waals surface area contributed by atoms with Gasteiger partial charge in [-0.1, -0.05) is 0 Å². The minimum atomic E-state index is -0.177. The number of hydrogen-bond acceptors (Lipinski definition) is 5. The largest absolute Gasteiger partial charge is 0.346 e. The van der Waals surface area contributed by atoms with Crippen LogP contribution < -0.4 is 16.0 Å². The maximum Gasteiger partial charge on any atom is 0.251 e. The van der Waals surface area contributed by atoms with Gasteiger partial charge >= 0.3 is 0 Å². The summed E-state index contributed by atoms with van der Waals surface area (Å²) in [5.74, 6) is -0.353. The zero-order valence-corrected chi connectivity index (χ0v) is 12.4. The van der Waals surface area contributed by atoms with E-state index in [9.17, 15) is 9.59 Å². The third-order valence-corrected chi connectivity index (χ3v) is 3.73. The first-order valence-corrected chi connectivity index (χ1v) is 7.36. The zero-order chi connectivity index (χ0) is 16.1. The first-order valence-electron chi connectivity index (χ1n) is 7.36. The van der Waals surface area contributed by atoms with E-state index >= 15 is 0 Å². The molecule has 1 aliphatic heterocycles. The topological polar surface area (TPSA) is 96.0 Å². The molecule has 23 heavy (non-hydrogen) atoms. The molecule has 0 bridgehead atoms. The molecule has 0 spiro atoms. The van der Waals surface area contributed by atoms with Gasteiger partial charge in [-0.05, 0) is 24.3 Å². The standard InChI is InChI=1S/C16H17N5O2/c22-15(11-1-5-17-6-2-11)20-13-9-19-10-14(13)21-16(23)12-3-7-18-8-4-12/h1-8,13-14,19H,9-10H2,(H,20,22)(H,21,23)/t13-,14-/m1/s1. The van der Waals surface area contributed by atoms with Crippen LogP contribution in [0.4, 0.5) is 0 Å². The van der Waals surface area contributed by atoms with Crippen LogP contribution in [0.5, 0.6) is 0 Å². The summed E-state index contributed by atoms with van der Waals surface area (Å²) in [4.78, 5) is 32.2. The number of rotatable bonds is 4. The van der Waals surface area contributed by atoms with Crippen LogP contribution in [0.15, 0.2) is 49.1 Å². The summed E-state index contributed by atoms with van der Waals surface area (Å²) in [6.07, 6.45) is 6.30. The van der Waals surface area contributed by atoms with Crippen LogP contribution >= 0.6 is 0 Å². The predicted octanol–water partition coefficient (Wildman–Crippen LogP) is -0.0232. The lowest BCUT2D eigenvalue weighted by Crippen LogP contribution is -2.51. The Balaban J connectivity index is 1.62. The van der Waals surface area contributed by atoms with E-state index in [1.54, 1.807) is 49.1 Å². The maximum atomic E-state index is 12.2. The second-order valence-electron chi connectivity index (χ2n) is 5.29. The van der Waals surface area contributed by atoms with Crippen LogP contribution in [0.25, 0.3) is 0 Å². The van der Waals surface area contributed by atoms with E-state index in [4.69, 9.17) is 0 Å². The van der Waals surface area contributed by atoms with Crippen LogP contribution in [0, 0.1) is 0 Å². The monoisotopic (exact) mass is 311 g/mol. The Labute approximate surface area is 133 Å². The number of carbonyl (C=O) groups excluding carboxylic acids is 2. The molecule has 0 radical (unpaired) electrons. The molecule has 0 aliphatic carbocycles. The fourth-order valence-electron chi connectivity index (χ4n) is 2.49. The zero-order valence-electron chi connectivity index (χ0n) is 12.4. The van der Waals surface area contributed by atoms with Crippen LogP contribution in [0.1, 0.15) is 20.7 Å². The van der Waals surface area contributed by atoms with Crippen LogP contribution in [-0.2, 0) is 0 Å². The van der Waals surface area contributed by atoms with E-state index in [1.807, 2.05) is 0 Å². The lowest BCUT2D eigenvalue weighted by atomic mass is 10.1. The van der Waals surface area contributed by atoms with E-state index in [2.05, 4.69) is 25.9 Å². The molecule has 7 nitrogen and oxygen atoms in total. The SMILES string of the molecule is O=C(N[C@@H]1CNC[C@H]1NC(=O)c1ccncc1)c1ccncc1. The van der Waals surface area contributed by atoms with Crippen molar-refractivity contribution in [3.63, 3.8) is 0 Å². The molecule has 118 valence electrons. The third-order valence-electron chi connectivity index (χ3n) is 3.73. The molecular formula is C16H17N5O2. The maximum absolute atomic E-state index is 12.2. The lowest BCUT2D eigenvalue weighted by molar-refractivity contribution is 0.0896. The predicted molar refractivity (Wildman–Crippen MR) is 83.9 cm³/mol. The molecule has 2 aromatic heterocycles. The second-order valence-corrected chi connectivity index (χ2v) is 5.29. The van der Waals surface area contributed by atoms with Gasteiger partial charge in [0.2, 0.25) is 0 Å². The van der Waals surface area contributed by atoms with E-state index in [0.29, 0.717) is 24.2 Å². The minimum absolute atomic E-state index is 0.165. The molecule has 1 fully saturated rings. The Hall–Kier alpha value is -2.80. The number of amides is 2. The van der Waals surface area contributed by atoms with Gasteiger partial charge in [-0.15, -0.1) is 0 Å². The van der Waals surface area contributed by atoms with Crippen LogP contribution in [0.2, 0.25) is 0 Å². The third kappa shape index (κ3) is 3.70. The van der Waals surface area contributed by atoms with Gasteiger partial charge in [-0.25, -0.2) is 0 Å². The van der Waals surface area contributed by atoms with Crippen molar-refractivity contribution in [2.24, 2.45) is 0 Å². The van der Waals surface area contributed by atoms with Gasteiger partial charge in [-0.3, -0.25) is 19.6 Å². The molecule has 0 aromatic carbocycles.